The monoisotopic (exact) mass is 382 g/mol. The Hall–Kier alpha value is -2.76. The largest absolute Gasteiger partial charge is 0.488 e. The van der Waals surface area contributed by atoms with E-state index in [0.717, 1.165) is 24.4 Å². The second-order valence-electron chi connectivity index (χ2n) is 7.91. The van der Waals surface area contributed by atoms with E-state index >= 15 is 0 Å². The van der Waals surface area contributed by atoms with Gasteiger partial charge in [-0.15, -0.1) is 0 Å². The van der Waals surface area contributed by atoms with E-state index in [1.165, 1.54) is 5.56 Å². The third-order valence-corrected chi connectivity index (χ3v) is 5.76. The number of carbonyl (C=O) groups excluding carboxylic acids is 2. The molecule has 6 nitrogen and oxygen atoms in total. The summed E-state index contributed by atoms with van der Waals surface area (Å²) in [4.78, 5) is 26.3. The minimum atomic E-state index is -0.397. The molecule has 2 amide bonds. The summed E-state index contributed by atoms with van der Waals surface area (Å²) in [5, 5.41) is 3.09. The number of para-hydroxylation sites is 1. The highest BCUT2D eigenvalue weighted by atomic mass is 16.5. The Balaban J connectivity index is 1.31. The quantitative estimate of drug-likeness (QED) is 0.799. The van der Waals surface area contributed by atoms with Gasteiger partial charge in [-0.3, -0.25) is 9.59 Å². The van der Waals surface area contributed by atoms with Crippen LogP contribution in [0, 0.1) is 0 Å². The van der Waals surface area contributed by atoms with Gasteiger partial charge in [0.15, 0.2) is 0 Å². The maximum atomic E-state index is 12.7. The fourth-order valence-corrected chi connectivity index (χ4v) is 4.23. The molecule has 2 aliphatic heterocycles. The van der Waals surface area contributed by atoms with Crippen LogP contribution in [-0.4, -0.2) is 41.9 Å². The van der Waals surface area contributed by atoms with Crippen LogP contribution in [0.15, 0.2) is 47.1 Å². The Bertz CT molecular complexity index is 823. The number of nitrogens with one attached hydrogen (secondary N) is 1. The van der Waals surface area contributed by atoms with Crippen molar-refractivity contribution in [1.29, 1.82) is 0 Å². The molecule has 2 atom stereocenters. The van der Waals surface area contributed by atoms with E-state index in [2.05, 4.69) is 11.4 Å². The summed E-state index contributed by atoms with van der Waals surface area (Å²) in [5.74, 6) is 1.86. The van der Waals surface area contributed by atoms with Crippen molar-refractivity contribution < 1.29 is 18.7 Å². The highest BCUT2D eigenvalue weighted by molar-refractivity contribution is 5.80. The van der Waals surface area contributed by atoms with Gasteiger partial charge in [-0.2, -0.15) is 0 Å². The number of benzene rings is 1. The maximum Gasteiger partial charge on any atom is 0.222 e. The molecule has 0 aliphatic carbocycles. The van der Waals surface area contributed by atoms with Gasteiger partial charge in [0.05, 0.1) is 12.8 Å². The summed E-state index contributed by atoms with van der Waals surface area (Å²) < 4.78 is 11.4. The molecule has 2 aliphatic rings. The highest BCUT2D eigenvalue weighted by Crippen LogP contribution is 2.31. The third kappa shape index (κ3) is 4.06. The van der Waals surface area contributed by atoms with E-state index in [1.54, 1.807) is 11.2 Å². The Kier molecular flexibility index (Phi) is 5.11. The molecular weight excluding hydrogens is 356 g/mol. The number of rotatable bonds is 7. The SMILES string of the molecule is CN(CC1Cc2ccccc2O1)C(=O)CCC1(Cc2ccco2)CCC(=O)N1. The average Bonchev–Trinajstić information content (AvgIpc) is 3.40. The highest BCUT2D eigenvalue weighted by Gasteiger charge is 2.39. The number of ether oxygens (including phenoxy) is 1. The van der Waals surface area contributed by atoms with E-state index in [1.807, 2.05) is 37.4 Å². The lowest BCUT2D eigenvalue weighted by Gasteiger charge is -2.29. The van der Waals surface area contributed by atoms with Crippen molar-refractivity contribution in [3.8, 4) is 5.75 Å². The van der Waals surface area contributed by atoms with Gasteiger partial charge >= 0.3 is 0 Å². The van der Waals surface area contributed by atoms with E-state index in [-0.39, 0.29) is 17.9 Å². The first kappa shape index (κ1) is 18.6. The number of nitrogens with zero attached hydrogens (tertiary/aromatic N) is 1. The molecule has 1 N–H and O–H groups in total. The van der Waals surface area contributed by atoms with Gasteiger partial charge in [-0.25, -0.2) is 0 Å². The zero-order valence-electron chi connectivity index (χ0n) is 16.1. The minimum Gasteiger partial charge on any atom is -0.488 e. The predicted octanol–water partition coefficient (Wildman–Crippen LogP) is 2.71. The van der Waals surface area contributed by atoms with Gasteiger partial charge < -0.3 is 19.4 Å². The second kappa shape index (κ2) is 7.70. The minimum absolute atomic E-state index is 0.00499. The lowest BCUT2D eigenvalue weighted by molar-refractivity contribution is -0.131. The number of carbonyl (C=O) groups is 2. The zero-order chi connectivity index (χ0) is 19.6. The van der Waals surface area contributed by atoms with Crippen LogP contribution in [0.5, 0.6) is 5.75 Å². The van der Waals surface area contributed by atoms with E-state index in [4.69, 9.17) is 9.15 Å². The Morgan fingerprint density at radius 1 is 1.29 bits per heavy atom. The molecule has 0 spiro atoms. The van der Waals surface area contributed by atoms with Crippen molar-refractivity contribution in [2.75, 3.05) is 13.6 Å². The summed E-state index contributed by atoms with van der Waals surface area (Å²) in [6.45, 7) is 0.561. The summed E-state index contributed by atoms with van der Waals surface area (Å²) in [6.07, 6.45) is 5.29. The summed E-state index contributed by atoms with van der Waals surface area (Å²) in [5.41, 5.74) is 0.797. The Morgan fingerprint density at radius 3 is 2.86 bits per heavy atom. The summed E-state index contributed by atoms with van der Waals surface area (Å²) >= 11 is 0. The van der Waals surface area contributed by atoms with Gasteiger partial charge in [0, 0.05) is 38.3 Å². The lowest BCUT2D eigenvalue weighted by atomic mass is 9.87. The first-order valence-electron chi connectivity index (χ1n) is 9.85. The number of fused-ring (bicyclic) bond motifs is 1. The number of amides is 2. The van der Waals surface area contributed by atoms with Crippen molar-refractivity contribution in [2.24, 2.45) is 0 Å². The first-order valence-corrected chi connectivity index (χ1v) is 9.85. The number of hydrogen-bond donors (Lipinski definition) is 1. The molecule has 1 saturated heterocycles. The van der Waals surface area contributed by atoms with Crippen molar-refractivity contribution >= 4 is 11.8 Å². The third-order valence-electron chi connectivity index (χ3n) is 5.76. The lowest BCUT2D eigenvalue weighted by Crippen LogP contribution is -2.45. The number of likely N-dealkylation sites (N-methyl/N-ethyl adjacent to an activating group) is 1. The maximum absolute atomic E-state index is 12.7. The molecule has 2 aromatic rings. The molecule has 0 bridgehead atoms. The van der Waals surface area contributed by atoms with Crippen LogP contribution in [0.3, 0.4) is 0 Å². The van der Waals surface area contributed by atoms with E-state index in [9.17, 15) is 9.59 Å². The van der Waals surface area contributed by atoms with Gasteiger partial charge in [-0.05, 0) is 36.6 Å². The molecule has 0 radical (unpaired) electrons. The molecule has 1 fully saturated rings. The van der Waals surface area contributed by atoms with Crippen LogP contribution >= 0.6 is 0 Å². The van der Waals surface area contributed by atoms with E-state index in [0.29, 0.717) is 32.2 Å². The van der Waals surface area contributed by atoms with Gasteiger partial charge in [-0.1, -0.05) is 18.2 Å². The molecule has 28 heavy (non-hydrogen) atoms. The van der Waals surface area contributed by atoms with Crippen molar-refractivity contribution in [1.82, 2.24) is 10.2 Å². The molecule has 148 valence electrons. The van der Waals surface area contributed by atoms with Crippen LogP contribution in [0.2, 0.25) is 0 Å². The standard InChI is InChI=1S/C22H26N2O4/c1-24(15-18-13-16-5-2-3-7-19(16)28-18)21(26)9-11-22(10-8-20(25)23-22)14-17-6-4-12-27-17/h2-7,12,18H,8-11,13-15H2,1H3,(H,23,25). The Morgan fingerprint density at radius 2 is 2.14 bits per heavy atom. The Labute approximate surface area is 164 Å². The van der Waals surface area contributed by atoms with Crippen LogP contribution in [-0.2, 0) is 22.4 Å². The molecule has 6 heteroatoms. The smallest absolute Gasteiger partial charge is 0.222 e. The molecule has 1 aromatic carbocycles. The molecule has 3 heterocycles. The van der Waals surface area contributed by atoms with E-state index < -0.39 is 5.54 Å². The van der Waals surface area contributed by atoms with Gasteiger partial charge in [0.2, 0.25) is 11.8 Å². The fraction of sp³-hybridized carbons (Fsp3) is 0.455. The fourth-order valence-electron chi connectivity index (χ4n) is 4.23. The van der Waals surface area contributed by atoms with Gasteiger partial charge in [0.1, 0.15) is 17.6 Å². The van der Waals surface area contributed by atoms with Crippen molar-refractivity contribution in [3.05, 3.63) is 54.0 Å². The normalized spacial score (nSPS) is 23.2. The molecule has 0 saturated carbocycles. The van der Waals surface area contributed by atoms with Crippen LogP contribution in [0.4, 0.5) is 0 Å². The van der Waals surface area contributed by atoms with Crippen molar-refractivity contribution in [2.45, 2.75) is 50.2 Å². The molecule has 1 aromatic heterocycles. The predicted molar refractivity (Wildman–Crippen MR) is 104 cm³/mol. The number of hydrogen-bond acceptors (Lipinski definition) is 4. The molecule has 4 rings (SSSR count). The molecule has 2 unspecified atom stereocenters. The van der Waals surface area contributed by atoms with Crippen LogP contribution < -0.4 is 10.1 Å². The average molecular weight is 382 g/mol. The van der Waals surface area contributed by atoms with Crippen LogP contribution in [0.1, 0.15) is 37.0 Å². The first-order chi connectivity index (χ1) is 13.5. The summed E-state index contributed by atoms with van der Waals surface area (Å²) in [7, 11) is 1.82. The number of furan rings is 1. The summed E-state index contributed by atoms with van der Waals surface area (Å²) in [6, 6.07) is 11.8. The zero-order valence-corrected chi connectivity index (χ0v) is 16.1. The van der Waals surface area contributed by atoms with Crippen LogP contribution in [0.25, 0.3) is 0 Å². The van der Waals surface area contributed by atoms with Crippen molar-refractivity contribution in [3.63, 3.8) is 0 Å². The van der Waals surface area contributed by atoms with Gasteiger partial charge in [0.25, 0.3) is 0 Å². The second-order valence-corrected chi connectivity index (χ2v) is 7.91. The topological polar surface area (TPSA) is 71.8 Å². The molecular formula is C22H26N2O4.